The van der Waals surface area contributed by atoms with Crippen LogP contribution in [-0.4, -0.2) is 17.7 Å². The van der Waals surface area contributed by atoms with Gasteiger partial charge in [-0.15, -0.1) is 0 Å². The van der Waals surface area contributed by atoms with Crippen LogP contribution >= 0.6 is 0 Å². The first-order chi connectivity index (χ1) is 8.72. The zero-order chi connectivity index (χ0) is 14.6. The van der Waals surface area contributed by atoms with Gasteiger partial charge in [0.25, 0.3) is 0 Å². The Hall–Kier alpha value is -1.51. The highest BCUT2D eigenvalue weighted by Gasteiger charge is 2.27. The molecule has 0 radical (unpaired) electrons. The molecule has 0 aliphatic carbocycles. The van der Waals surface area contributed by atoms with Gasteiger partial charge in [0.1, 0.15) is 11.4 Å². The van der Waals surface area contributed by atoms with E-state index in [0.29, 0.717) is 5.56 Å². The number of esters is 1. The third-order valence-electron chi connectivity index (χ3n) is 3.21. The second kappa shape index (κ2) is 6.09. The second-order valence-corrected chi connectivity index (χ2v) is 5.84. The van der Waals surface area contributed by atoms with Gasteiger partial charge in [0, 0.05) is 0 Å². The van der Waals surface area contributed by atoms with E-state index in [1.54, 1.807) is 24.3 Å². The SMILES string of the molecule is CC(C)Oc1ccc(C(=O)OC(C)(C)C(C)C)cc1. The van der Waals surface area contributed by atoms with Crippen molar-refractivity contribution in [2.45, 2.75) is 53.2 Å². The fourth-order valence-electron chi connectivity index (χ4n) is 1.36. The van der Waals surface area contributed by atoms with Crippen LogP contribution in [0, 0.1) is 5.92 Å². The Morgan fingerprint density at radius 3 is 2.00 bits per heavy atom. The number of rotatable bonds is 5. The summed E-state index contributed by atoms with van der Waals surface area (Å²) in [7, 11) is 0. The maximum Gasteiger partial charge on any atom is 0.338 e. The summed E-state index contributed by atoms with van der Waals surface area (Å²) in [5.74, 6) is 0.726. The van der Waals surface area contributed by atoms with E-state index in [9.17, 15) is 4.79 Å². The first kappa shape index (κ1) is 15.5. The number of hydrogen-bond donors (Lipinski definition) is 0. The molecule has 0 fully saturated rings. The molecular formula is C16H24O3. The van der Waals surface area contributed by atoms with Crippen molar-refractivity contribution in [3.05, 3.63) is 29.8 Å². The average Bonchev–Trinajstić information content (AvgIpc) is 2.28. The minimum Gasteiger partial charge on any atom is -0.491 e. The molecule has 0 saturated heterocycles. The third kappa shape index (κ3) is 4.58. The smallest absolute Gasteiger partial charge is 0.338 e. The largest absolute Gasteiger partial charge is 0.491 e. The maximum absolute atomic E-state index is 12.0. The van der Waals surface area contributed by atoms with Gasteiger partial charge in [-0.2, -0.15) is 0 Å². The van der Waals surface area contributed by atoms with E-state index in [4.69, 9.17) is 9.47 Å². The van der Waals surface area contributed by atoms with Crippen LogP contribution in [0.3, 0.4) is 0 Å². The van der Waals surface area contributed by atoms with Crippen LogP contribution in [0.4, 0.5) is 0 Å². The van der Waals surface area contributed by atoms with E-state index in [2.05, 4.69) is 0 Å². The maximum atomic E-state index is 12.0. The molecule has 0 aliphatic heterocycles. The summed E-state index contributed by atoms with van der Waals surface area (Å²) in [4.78, 5) is 12.0. The van der Waals surface area contributed by atoms with Gasteiger partial charge in [0.05, 0.1) is 11.7 Å². The average molecular weight is 264 g/mol. The van der Waals surface area contributed by atoms with E-state index < -0.39 is 5.60 Å². The Morgan fingerprint density at radius 2 is 1.58 bits per heavy atom. The molecule has 0 aromatic heterocycles. The van der Waals surface area contributed by atoms with E-state index in [1.165, 1.54) is 0 Å². The highest BCUT2D eigenvalue weighted by atomic mass is 16.6. The topological polar surface area (TPSA) is 35.5 Å². The van der Waals surface area contributed by atoms with Crippen LogP contribution in [0.1, 0.15) is 51.9 Å². The summed E-state index contributed by atoms with van der Waals surface area (Å²) in [6, 6.07) is 7.05. The summed E-state index contributed by atoms with van der Waals surface area (Å²) in [5.41, 5.74) is 0.0781. The van der Waals surface area contributed by atoms with Gasteiger partial charge >= 0.3 is 5.97 Å². The normalized spacial score (nSPS) is 11.8. The molecule has 0 heterocycles. The van der Waals surface area contributed by atoms with Crippen molar-refractivity contribution in [1.29, 1.82) is 0 Å². The number of hydrogen-bond acceptors (Lipinski definition) is 3. The van der Waals surface area contributed by atoms with Crippen LogP contribution in [0.25, 0.3) is 0 Å². The van der Waals surface area contributed by atoms with Crippen molar-refractivity contribution in [1.82, 2.24) is 0 Å². The van der Waals surface area contributed by atoms with Crippen molar-refractivity contribution in [2.75, 3.05) is 0 Å². The fraction of sp³-hybridized carbons (Fsp3) is 0.562. The molecule has 0 N–H and O–H groups in total. The predicted molar refractivity (Wildman–Crippen MR) is 76.5 cm³/mol. The zero-order valence-electron chi connectivity index (χ0n) is 12.7. The molecule has 1 aromatic carbocycles. The van der Waals surface area contributed by atoms with Crippen molar-refractivity contribution in [3.63, 3.8) is 0 Å². The summed E-state index contributed by atoms with van der Waals surface area (Å²) in [6.45, 7) is 11.8. The van der Waals surface area contributed by atoms with Crippen LogP contribution < -0.4 is 4.74 Å². The molecule has 0 unspecified atom stereocenters. The van der Waals surface area contributed by atoms with Gasteiger partial charge in [-0.25, -0.2) is 4.79 Å². The number of benzene rings is 1. The highest BCUT2D eigenvalue weighted by Crippen LogP contribution is 2.23. The Morgan fingerprint density at radius 1 is 1.05 bits per heavy atom. The van der Waals surface area contributed by atoms with Gasteiger partial charge in [-0.1, -0.05) is 13.8 Å². The third-order valence-corrected chi connectivity index (χ3v) is 3.21. The molecule has 3 nitrogen and oxygen atoms in total. The lowest BCUT2D eigenvalue weighted by Crippen LogP contribution is -2.33. The van der Waals surface area contributed by atoms with Gasteiger partial charge < -0.3 is 9.47 Å². The van der Waals surface area contributed by atoms with Gasteiger partial charge in [-0.3, -0.25) is 0 Å². The Kier molecular flexibility index (Phi) is 4.98. The van der Waals surface area contributed by atoms with Crippen LogP contribution in [0.5, 0.6) is 5.75 Å². The van der Waals surface area contributed by atoms with Gasteiger partial charge in [0.15, 0.2) is 0 Å². The highest BCUT2D eigenvalue weighted by molar-refractivity contribution is 5.89. The standard InChI is InChI=1S/C16H24O3/c1-11(2)16(5,6)19-15(17)13-7-9-14(10-8-13)18-12(3)4/h7-12H,1-6H3. The predicted octanol–water partition coefficient (Wildman–Crippen LogP) is 4.07. The van der Waals surface area contributed by atoms with E-state index in [-0.39, 0.29) is 18.0 Å². The Balaban J connectivity index is 2.73. The summed E-state index contributed by atoms with van der Waals surface area (Å²) in [6.07, 6.45) is 0.123. The van der Waals surface area contributed by atoms with Crippen LogP contribution in [0.15, 0.2) is 24.3 Å². The number of carbonyl (C=O) groups is 1. The second-order valence-electron chi connectivity index (χ2n) is 5.84. The van der Waals surface area contributed by atoms with Crippen LogP contribution in [0.2, 0.25) is 0 Å². The van der Waals surface area contributed by atoms with E-state index in [0.717, 1.165) is 5.75 Å². The summed E-state index contributed by atoms with van der Waals surface area (Å²) >= 11 is 0. The first-order valence-corrected chi connectivity index (χ1v) is 6.72. The summed E-state index contributed by atoms with van der Waals surface area (Å²) < 4.78 is 11.1. The lowest BCUT2D eigenvalue weighted by Gasteiger charge is -2.29. The van der Waals surface area contributed by atoms with Crippen LogP contribution in [-0.2, 0) is 4.74 Å². The number of ether oxygens (including phenoxy) is 2. The molecule has 0 atom stereocenters. The van der Waals surface area contributed by atoms with E-state index >= 15 is 0 Å². The minimum absolute atomic E-state index is 0.123. The Bertz CT molecular complexity index is 416. The molecule has 1 aromatic rings. The molecular weight excluding hydrogens is 240 g/mol. The summed E-state index contributed by atoms with van der Waals surface area (Å²) in [5, 5.41) is 0. The molecule has 3 heteroatoms. The molecule has 0 bridgehead atoms. The number of carbonyl (C=O) groups excluding carboxylic acids is 1. The van der Waals surface area contributed by atoms with Gasteiger partial charge in [-0.05, 0) is 57.9 Å². The molecule has 0 spiro atoms. The molecule has 0 saturated carbocycles. The van der Waals surface area contributed by atoms with Crippen molar-refractivity contribution < 1.29 is 14.3 Å². The quantitative estimate of drug-likeness (QED) is 0.752. The van der Waals surface area contributed by atoms with Crippen molar-refractivity contribution >= 4 is 5.97 Å². The molecule has 0 aliphatic rings. The minimum atomic E-state index is -0.468. The zero-order valence-corrected chi connectivity index (χ0v) is 12.7. The first-order valence-electron chi connectivity index (χ1n) is 6.72. The van der Waals surface area contributed by atoms with Crippen molar-refractivity contribution in [3.8, 4) is 5.75 Å². The molecule has 1 rings (SSSR count). The van der Waals surface area contributed by atoms with Gasteiger partial charge in [0.2, 0.25) is 0 Å². The molecule has 19 heavy (non-hydrogen) atoms. The monoisotopic (exact) mass is 264 g/mol. The van der Waals surface area contributed by atoms with E-state index in [1.807, 2.05) is 41.5 Å². The fourth-order valence-corrected chi connectivity index (χ4v) is 1.36. The Labute approximate surface area is 115 Å². The lowest BCUT2D eigenvalue weighted by molar-refractivity contribution is -0.0222. The van der Waals surface area contributed by atoms with Crippen molar-refractivity contribution in [2.24, 2.45) is 5.92 Å². The molecule has 106 valence electrons. The lowest BCUT2D eigenvalue weighted by atomic mass is 9.94. The molecule has 0 amide bonds.